The van der Waals surface area contributed by atoms with Crippen molar-refractivity contribution >= 4 is 0 Å². The van der Waals surface area contributed by atoms with E-state index in [2.05, 4.69) is 26.1 Å². The Hall–Kier alpha value is -0.170. The van der Waals surface area contributed by atoms with Gasteiger partial charge in [-0.25, -0.2) is 0 Å². The van der Waals surface area contributed by atoms with E-state index in [1.807, 2.05) is 6.42 Å². The second-order valence-corrected chi connectivity index (χ2v) is 2.79. The van der Waals surface area contributed by atoms with Crippen molar-refractivity contribution < 1.29 is 0 Å². The zero-order chi connectivity index (χ0) is 7.82. The maximum absolute atomic E-state index is 3.66. The fourth-order valence-corrected chi connectivity index (χ4v) is 0.697. The topological polar surface area (TPSA) is 12.0 Å². The van der Waals surface area contributed by atoms with Crippen molar-refractivity contribution in [3.8, 4) is 0 Å². The Labute approximate surface area is 65.2 Å². The molecule has 0 saturated carbocycles. The van der Waals surface area contributed by atoms with Gasteiger partial charge in [-0.2, -0.15) is 0 Å². The van der Waals surface area contributed by atoms with E-state index >= 15 is 0 Å². The van der Waals surface area contributed by atoms with E-state index < -0.39 is 0 Å². The largest absolute Gasteiger partial charge is 0.312 e. The summed E-state index contributed by atoms with van der Waals surface area (Å²) in [6.45, 7) is 10.4. The Balaban J connectivity index is 2.89. The van der Waals surface area contributed by atoms with Gasteiger partial charge in [0.05, 0.1) is 6.42 Å². The third-order valence-electron chi connectivity index (χ3n) is 1.71. The minimum absolute atomic E-state index is 0.810. The van der Waals surface area contributed by atoms with E-state index in [-0.39, 0.29) is 0 Å². The lowest BCUT2D eigenvalue weighted by atomic mass is 10.1. The average Bonchev–Trinajstić information content (AvgIpc) is 1.98. The summed E-state index contributed by atoms with van der Waals surface area (Å²) in [6.07, 6.45) is 4.29. The molecule has 1 N–H and O–H groups in total. The summed E-state index contributed by atoms with van der Waals surface area (Å²) < 4.78 is 0. The zero-order valence-electron chi connectivity index (χ0n) is 7.19. The zero-order valence-corrected chi connectivity index (χ0v) is 7.19. The highest BCUT2D eigenvalue weighted by molar-refractivity contribution is 4.67. The van der Waals surface area contributed by atoms with Crippen LogP contribution in [-0.4, -0.2) is 13.1 Å². The van der Waals surface area contributed by atoms with Gasteiger partial charge in [0.15, 0.2) is 0 Å². The quantitative estimate of drug-likeness (QED) is 0.441. The molecule has 1 atom stereocenters. The molecule has 1 heteroatoms. The van der Waals surface area contributed by atoms with Crippen LogP contribution in [0.3, 0.4) is 0 Å². The maximum Gasteiger partial charge on any atom is 0.0694 e. The van der Waals surface area contributed by atoms with E-state index in [9.17, 15) is 0 Å². The third kappa shape index (κ3) is 5.96. The Bertz CT molecular complexity index is 61.7. The Kier molecular flexibility index (Phi) is 6.83. The fourth-order valence-electron chi connectivity index (χ4n) is 0.697. The van der Waals surface area contributed by atoms with Crippen LogP contribution in [0, 0.1) is 19.3 Å². The smallest absolute Gasteiger partial charge is 0.0694 e. The molecular formula is C9H19N. The van der Waals surface area contributed by atoms with E-state index in [0.717, 1.165) is 25.4 Å². The molecule has 0 amide bonds. The molecule has 0 aromatic rings. The SMILES string of the molecule is [CH2-][CH+]CCNCC(C)CC. The number of hydrogen-bond donors (Lipinski definition) is 1. The summed E-state index contributed by atoms with van der Waals surface area (Å²) >= 11 is 0. The van der Waals surface area contributed by atoms with Crippen LogP contribution in [0.4, 0.5) is 0 Å². The van der Waals surface area contributed by atoms with Crippen molar-refractivity contribution in [3.63, 3.8) is 0 Å². The van der Waals surface area contributed by atoms with Gasteiger partial charge in [-0.05, 0) is 12.5 Å². The van der Waals surface area contributed by atoms with Gasteiger partial charge in [0.25, 0.3) is 0 Å². The van der Waals surface area contributed by atoms with Gasteiger partial charge in [-0.15, -0.1) is 6.92 Å². The molecule has 0 saturated heterocycles. The first-order valence-electron chi connectivity index (χ1n) is 4.12. The number of unbranched alkanes of at least 4 members (excludes halogenated alkanes) is 1. The maximum atomic E-state index is 3.66. The van der Waals surface area contributed by atoms with Gasteiger partial charge in [-0.1, -0.05) is 26.7 Å². The van der Waals surface area contributed by atoms with E-state index in [1.165, 1.54) is 6.42 Å². The van der Waals surface area contributed by atoms with Crippen LogP contribution in [-0.2, 0) is 0 Å². The molecule has 0 fully saturated rings. The molecule has 60 valence electrons. The Morgan fingerprint density at radius 3 is 2.80 bits per heavy atom. The van der Waals surface area contributed by atoms with Crippen LogP contribution in [0.15, 0.2) is 0 Å². The Morgan fingerprint density at radius 1 is 1.60 bits per heavy atom. The van der Waals surface area contributed by atoms with E-state index in [4.69, 9.17) is 0 Å². The number of hydrogen-bond acceptors (Lipinski definition) is 1. The van der Waals surface area contributed by atoms with Crippen LogP contribution >= 0.6 is 0 Å². The highest BCUT2D eigenvalue weighted by Gasteiger charge is 1.96. The molecular weight excluding hydrogens is 122 g/mol. The molecule has 0 aliphatic rings. The molecule has 0 bridgehead atoms. The lowest BCUT2D eigenvalue weighted by Crippen LogP contribution is -2.21. The minimum Gasteiger partial charge on any atom is -0.312 e. The highest BCUT2D eigenvalue weighted by atomic mass is 14.8. The van der Waals surface area contributed by atoms with Crippen molar-refractivity contribution in [1.82, 2.24) is 5.32 Å². The number of rotatable bonds is 6. The average molecular weight is 141 g/mol. The van der Waals surface area contributed by atoms with Crippen LogP contribution in [0.25, 0.3) is 0 Å². The predicted molar refractivity (Wildman–Crippen MR) is 46.6 cm³/mol. The molecule has 0 aliphatic carbocycles. The van der Waals surface area contributed by atoms with Gasteiger partial charge in [0, 0.05) is 6.54 Å². The molecule has 10 heavy (non-hydrogen) atoms. The predicted octanol–water partition coefficient (Wildman–Crippen LogP) is 2.05. The third-order valence-corrected chi connectivity index (χ3v) is 1.71. The molecule has 1 nitrogen and oxygen atoms in total. The van der Waals surface area contributed by atoms with Gasteiger partial charge in [0.1, 0.15) is 0 Å². The van der Waals surface area contributed by atoms with Gasteiger partial charge < -0.3 is 5.32 Å². The van der Waals surface area contributed by atoms with Gasteiger partial charge >= 0.3 is 0 Å². The summed E-state index contributed by atoms with van der Waals surface area (Å²) in [5.74, 6) is 0.810. The fraction of sp³-hybridized carbons (Fsp3) is 0.778. The van der Waals surface area contributed by atoms with Crippen molar-refractivity contribution in [3.05, 3.63) is 13.3 Å². The second kappa shape index (κ2) is 6.94. The molecule has 0 radical (unpaired) electrons. The van der Waals surface area contributed by atoms with Crippen LogP contribution in [0.1, 0.15) is 26.7 Å². The first-order chi connectivity index (χ1) is 4.81. The first-order valence-corrected chi connectivity index (χ1v) is 4.12. The summed E-state index contributed by atoms with van der Waals surface area (Å²) in [4.78, 5) is 0. The summed E-state index contributed by atoms with van der Waals surface area (Å²) in [6, 6.07) is 0. The van der Waals surface area contributed by atoms with Gasteiger partial charge in [-0.3, -0.25) is 0 Å². The Morgan fingerprint density at radius 2 is 2.30 bits per heavy atom. The van der Waals surface area contributed by atoms with Crippen molar-refractivity contribution in [2.75, 3.05) is 13.1 Å². The van der Waals surface area contributed by atoms with Crippen LogP contribution < -0.4 is 5.32 Å². The highest BCUT2D eigenvalue weighted by Crippen LogP contribution is 1.96. The lowest BCUT2D eigenvalue weighted by molar-refractivity contribution is 0.502. The van der Waals surface area contributed by atoms with E-state index in [1.54, 1.807) is 0 Å². The second-order valence-electron chi connectivity index (χ2n) is 2.79. The molecule has 1 unspecified atom stereocenters. The molecule has 0 aromatic carbocycles. The summed E-state index contributed by atoms with van der Waals surface area (Å²) in [5.41, 5.74) is 0. The monoisotopic (exact) mass is 141 g/mol. The van der Waals surface area contributed by atoms with Crippen molar-refractivity contribution in [2.24, 2.45) is 5.92 Å². The van der Waals surface area contributed by atoms with Crippen molar-refractivity contribution in [1.29, 1.82) is 0 Å². The molecule has 0 heterocycles. The molecule has 0 aromatic heterocycles. The molecule has 0 rings (SSSR count). The molecule has 0 aliphatic heterocycles. The lowest BCUT2D eigenvalue weighted by Gasteiger charge is -2.07. The van der Waals surface area contributed by atoms with Crippen LogP contribution in [0.5, 0.6) is 0 Å². The number of nitrogens with one attached hydrogen (secondary N) is 1. The minimum atomic E-state index is 0.810. The summed E-state index contributed by atoms with van der Waals surface area (Å²) in [7, 11) is 0. The van der Waals surface area contributed by atoms with E-state index in [0.29, 0.717) is 0 Å². The summed E-state index contributed by atoms with van der Waals surface area (Å²) in [5, 5.41) is 3.37. The van der Waals surface area contributed by atoms with Crippen LogP contribution in [0.2, 0.25) is 0 Å². The molecule has 0 spiro atoms. The normalized spacial score (nSPS) is 13.1. The first kappa shape index (κ1) is 9.83. The van der Waals surface area contributed by atoms with Gasteiger partial charge in [0.2, 0.25) is 0 Å². The van der Waals surface area contributed by atoms with Crippen molar-refractivity contribution in [2.45, 2.75) is 26.7 Å². The standard InChI is InChI=1S/C9H19N/c1-4-6-7-10-8-9(3)5-2/h4,9-10H,1,5-8H2,2-3H3.